The van der Waals surface area contributed by atoms with E-state index in [1.807, 2.05) is 19.9 Å². The van der Waals surface area contributed by atoms with Crippen LogP contribution in [0.25, 0.3) is 4.85 Å². The second-order valence-corrected chi connectivity index (χ2v) is 5.08. The molecule has 1 aliphatic rings. The van der Waals surface area contributed by atoms with Crippen molar-refractivity contribution in [2.24, 2.45) is 0 Å². The zero-order chi connectivity index (χ0) is 14.2. The van der Waals surface area contributed by atoms with Gasteiger partial charge >= 0.3 is 0 Å². The van der Waals surface area contributed by atoms with Crippen LogP contribution in [0.15, 0.2) is 12.1 Å². The van der Waals surface area contributed by atoms with Crippen molar-refractivity contribution in [3.63, 3.8) is 0 Å². The third-order valence-electron chi connectivity index (χ3n) is 3.92. The average Bonchev–Trinajstić information content (AvgIpc) is 2.75. The maximum Gasteiger partial charge on any atom is 0.227 e. The van der Waals surface area contributed by atoms with Crippen LogP contribution in [-0.2, 0) is 4.79 Å². The van der Waals surface area contributed by atoms with Crippen LogP contribution < -0.4 is 4.90 Å². The molecule has 0 aliphatic carbocycles. The smallest absolute Gasteiger partial charge is 0.227 e. The van der Waals surface area contributed by atoms with Crippen LogP contribution in [0, 0.1) is 20.4 Å². The monoisotopic (exact) mass is 258 g/mol. The zero-order valence-corrected chi connectivity index (χ0v) is 11.5. The van der Waals surface area contributed by atoms with Gasteiger partial charge in [-0.2, -0.15) is 0 Å². The van der Waals surface area contributed by atoms with Crippen molar-refractivity contribution in [1.29, 1.82) is 0 Å². The van der Waals surface area contributed by atoms with Crippen LogP contribution in [0.4, 0.5) is 11.4 Å². The van der Waals surface area contributed by atoms with Gasteiger partial charge in [0.05, 0.1) is 18.7 Å². The van der Waals surface area contributed by atoms with Crippen LogP contribution in [0.3, 0.4) is 0 Å². The van der Waals surface area contributed by atoms with Gasteiger partial charge < -0.3 is 10.0 Å². The highest BCUT2D eigenvalue weighted by atomic mass is 16.3. The summed E-state index contributed by atoms with van der Waals surface area (Å²) in [4.78, 5) is 17.2. The molecule has 0 radical (unpaired) electrons. The summed E-state index contributed by atoms with van der Waals surface area (Å²) in [6.45, 7) is 12.6. The Morgan fingerprint density at radius 1 is 1.42 bits per heavy atom. The largest absolute Gasteiger partial charge is 0.391 e. The topological polar surface area (TPSA) is 44.9 Å². The van der Waals surface area contributed by atoms with Gasteiger partial charge in [-0.05, 0) is 44.4 Å². The Morgan fingerprint density at radius 3 is 2.68 bits per heavy atom. The van der Waals surface area contributed by atoms with E-state index in [0.717, 1.165) is 16.8 Å². The van der Waals surface area contributed by atoms with Gasteiger partial charge in [0.25, 0.3) is 0 Å². The molecule has 1 aromatic carbocycles. The van der Waals surface area contributed by atoms with Crippen LogP contribution >= 0.6 is 0 Å². The second kappa shape index (κ2) is 5.02. The van der Waals surface area contributed by atoms with Gasteiger partial charge in [-0.15, -0.1) is 0 Å². The molecule has 1 aromatic rings. The number of carbonyl (C=O) groups is 1. The van der Waals surface area contributed by atoms with Crippen LogP contribution in [-0.4, -0.2) is 23.2 Å². The van der Waals surface area contributed by atoms with E-state index in [9.17, 15) is 9.90 Å². The van der Waals surface area contributed by atoms with Gasteiger partial charge in [0.1, 0.15) is 0 Å². The van der Waals surface area contributed by atoms with E-state index in [2.05, 4.69) is 4.85 Å². The van der Waals surface area contributed by atoms with Gasteiger partial charge in [0.2, 0.25) is 5.91 Å². The molecule has 1 heterocycles. The van der Waals surface area contributed by atoms with Crippen molar-refractivity contribution in [2.45, 2.75) is 45.8 Å². The number of nitrogens with zero attached hydrogens (tertiary/aromatic N) is 2. The Hall–Kier alpha value is -1.86. The molecule has 4 heteroatoms. The lowest BCUT2D eigenvalue weighted by atomic mass is 10.0. The molecule has 4 nitrogen and oxygen atoms in total. The van der Waals surface area contributed by atoms with Crippen molar-refractivity contribution in [2.75, 3.05) is 4.90 Å². The van der Waals surface area contributed by atoms with E-state index >= 15 is 0 Å². The van der Waals surface area contributed by atoms with E-state index in [4.69, 9.17) is 6.57 Å². The van der Waals surface area contributed by atoms with Crippen LogP contribution in [0.2, 0.25) is 0 Å². The third kappa shape index (κ3) is 2.22. The maximum atomic E-state index is 12.1. The van der Waals surface area contributed by atoms with Gasteiger partial charge in [-0.25, -0.2) is 4.85 Å². The van der Waals surface area contributed by atoms with E-state index in [0.29, 0.717) is 18.5 Å². The Balaban J connectivity index is 2.50. The summed E-state index contributed by atoms with van der Waals surface area (Å²) in [5, 5.41) is 9.82. The zero-order valence-electron chi connectivity index (χ0n) is 11.5. The number of hydrogen-bond acceptors (Lipinski definition) is 2. The molecular formula is C15H18N2O2. The number of benzene rings is 1. The van der Waals surface area contributed by atoms with Gasteiger partial charge in [0, 0.05) is 12.1 Å². The Kier molecular flexibility index (Phi) is 3.59. The lowest BCUT2D eigenvalue weighted by molar-refractivity contribution is -0.117. The van der Waals surface area contributed by atoms with E-state index < -0.39 is 6.10 Å². The highest BCUT2D eigenvalue weighted by Crippen LogP contribution is 2.35. The molecule has 100 valence electrons. The molecule has 1 aliphatic heterocycles. The first-order valence-electron chi connectivity index (χ1n) is 6.45. The van der Waals surface area contributed by atoms with Crippen molar-refractivity contribution in [1.82, 2.24) is 0 Å². The number of anilines is 1. The molecule has 0 spiro atoms. The van der Waals surface area contributed by atoms with E-state index in [1.165, 1.54) is 0 Å². The van der Waals surface area contributed by atoms with Crippen molar-refractivity contribution in [3.8, 4) is 0 Å². The number of amides is 1. The van der Waals surface area contributed by atoms with E-state index in [-0.39, 0.29) is 11.9 Å². The molecule has 2 atom stereocenters. The molecule has 19 heavy (non-hydrogen) atoms. The lowest BCUT2D eigenvalue weighted by Gasteiger charge is -2.29. The fourth-order valence-electron chi connectivity index (χ4n) is 2.65. The molecule has 0 unspecified atom stereocenters. The van der Waals surface area contributed by atoms with Gasteiger partial charge in [-0.3, -0.25) is 4.79 Å². The van der Waals surface area contributed by atoms with Crippen LogP contribution in [0.1, 0.15) is 30.9 Å². The molecule has 0 bridgehead atoms. The summed E-state index contributed by atoms with van der Waals surface area (Å²) < 4.78 is 0. The molecule has 1 saturated heterocycles. The molecule has 2 rings (SSSR count). The first-order valence-corrected chi connectivity index (χ1v) is 6.45. The third-order valence-corrected chi connectivity index (χ3v) is 3.92. The summed E-state index contributed by atoms with van der Waals surface area (Å²) >= 11 is 0. The average molecular weight is 258 g/mol. The second-order valence-electron chi connectivity index (χ2n) is 5.08. The minimum atomic E-state index is -0.549. The number of aliphatic hydroxyl groups is 1. The highest BCUT2D eigenvalue weighted by Gasteiger charge is 2.35. The molecule has 1 fully saturated rings. The number of aliphatic hydroxyl groups excluding tert-OH is 1. The Labute approximate surface area is 113 Å². The van der Waals surface area contributed by atoms with Crippen molar-refractivity contribution in [3.05, 3.63) is 34.7 Å². The normalized spacial score (nSPS) is 20.5. The minimum Gasteiger partial charge on any atom is -0.391 e. The van der Waals surface area contributed by atoms with E-state index in [1.54, 1.807) is 17.9 Å². The predicted molar refractivity (Wildman–Crippen MR) is 74.4 cm³/mol. The van der Waals surface area contributed by atoms with Crippen molar-refractivity contribution < 1.29 is 9.90 Å². The molecule has 0 aromatic heterocycles. The minimum absolute atomic E-state index is 0.0453. The summed E-state index contributed by atoms with van der Waals surface area (Å²) in [7, 11) is 0. The molecule has 0 saturated carbocycles. The summed E-state index contributed by atoms with van der Waals surface area (Å²) in [5.41, 5.74) is 3.27. The Morgan fingerprint density at radius 2 is 2.11 bits per heavy atom. The number of hydrogen-bond donors (Lipinski definition) is 1. The number of rotatable bonds is 2. The SMILES string of the molecule is [C-]#[N+]c1ccc(N2C(=O)CC[C@@H]2[C@@H](C)O)c(C)c1C. The molecule has 1 N–H and O–H groups in total. The van der Waals surface area contributed by atoms with Crippen LogP contribution in [0.5, 0.6) is 0 Å². The highest BCUT2D eigenvalue weighted by molar-refractivity contribution is 5.97. The van der Waals surface area contributed by atoms with Gasteiger partial charge in [0.15, 0.2) is 5.69 Å². The summed E-state index contributed by atoms with van der Waals surface area (Å²) in [6.07, 6.45) is 0.602. The first-order chi connectivity index (χ1) is 8.97. The van der Waals surface area contributed by atoms with Crippen molar-refractivity contribution >= 4 is 17.3 Å². The Bertz CT molecular complexity index is 558. The summed E-state index contributed by atoms with van der Waals surface area (Å²) in [6, 6.07) is 3.40. The molecular weight excluding hydrogens is 240 g/mol. The fraction of sp³-hybridized carbons (Fsp3) is 0.467. The quantitative estimate of drug-likeness (QED) is 0.829. The van der Waals surface area contributed by atoms with Gasteiger partial charge in [-0.1, -0.05) is 6.07 Å². The first kappa shape index (κ1) is 13.6. The maximum absolute atomic E-state index is 12.1. The standard InChI is InChI=1S/C15H18N2O2/c1-9-10(2)13(6-5-12(9)16-4)17-14(11(3)18)7-8-15(17)19/h5-6,11,14,18H,7-8H2,1-3H3/t11-,14-/m1/s1. The summed E-state index contributed by atoms with van der Waals surface area (Å²) in [5.74, 6) is 0.0453. The number of carbonyl (C=O) groups excluding carboxylic acids is 1. The lowest BCUT2D eigenvalue weighted by Crippen LogP contribution is -2.40. The fourth-order valence-corrected chi connectivity index (χ4v) is 2.65. The molecule has 1 amide bonds. The predicted octanol–water partition coefficient (Wildman–Crippen LogP) is 2.73.